The molecule has 38 heavy (non-hydrogen) atoms. The van der Waals surface area contributed by atoms with Crippen LogP contribution in [0, 0.1) is 13.8 Å². The van der Waals surface area contributed by atoms with Crippen molar-refractivity contribution in [2.45, 2.75) is 67.2 Å². The number of nitrogens with zero attached hydrogens (tertiary/aromatic N) is 2. The number of allylic oxidation sites excluding steroid dienone is 4. The number of aryl methyl sites for hydroxylation is 2. The summed E-state index contributed by atoms with van der Waals surface area (Å²) in [5, 5.41) is 0. The van der Waals surface area contributed by atoms with Crippen molar-refractivity contribution in [3.63, 3.8) is 0 Å². The van der Waals surface area contributed by atoms with Crippen LogP contribution >= 0.6 is 0 Å². The highest BCUT2D eigenvalue weighted by molar-refractivity contribution is 5.96. The lowest BCUT2D eigenvalue weighted by Crippen LogP contribution is -1.87. The zero-order chi connectivity index (χ0) is 27.1. The van der Waals surface area contributed by atoms with E-state index in [4.69, 9.17) is 9.97 Å². The zero-order valence-corrected chi connectivity index (χ0v) is 23.6. The van der Waals surface area contributed by atoms with Gasteiger partial charge in [0, 0.05) is 33.2 Å². The minimum atomic E-state index is 0.992. The van der Waals surface area contributed by atoms with Crippen LogP contribution in [-0.4, -0.2) is 19.9 Å². The fourth-order valence-corrected chi connectivity index (χ4v) is 5.80. The molecule has 3 aromatic rings. The summed E-state index contributed by atoms with van der Waals surface area (Å²) in [5.74, 6) is 0. The number of aromatic amines is 2. The van der Waals surface area contributed by atoms with Crippen LogP contribution < -0.4 is 0 Å². The fourth-order valence-electron chi connectivity index (χ4n) is 5.80. The van der Waals surface area contributed by atoms with Crippen molar-refractivity contribution in [1.29, 1.82) is 0 Å². The second kappa shape index (κ2) is 10.1. The van der Waals surface area contributed by atoms with Crippen molar-refractivity contribution in [2.75, 3.05) is 0 Å². The quantitative estimate of drug-likeness (QED) is 0.352. The molecule has 4 nitrogen and oxygen atoms in total. The summed E-state index contributed by atoms with van der Waals surface area (Å²) in [4.78, 5) is 17.7. The molecular formula is C34H38N4. The fraction of sp³-hybridized carbons (Fsp3) is 0.294. The van der Waals surface area contributed by atoms with Crippen molar-refractivity contribution in [3.8, 4) is 0 Å². The molecule has 0 fully saturated rings. The van der Waals surface area contributed by atoms with Crippen LogP contribution in [0.3, 0.4) is 0 Å². The van der Waals surface area contributed by atoms with Gasteiger partial charge in [-0.25, -0.2) is 9.97 Å². The lowest BCUT2D eigenvalue weighted by atomic mass is 9.99. The zero-order valence-electron chi connectivity index (χ0n) is 23.6. The number of nitrogens with one attached hydrogen (secondary N) is 2. The third-order valence-electron chi connectivity index (χ3n) is 8.04. The van der Waals surface area contributed by atoms with Crippen LogP contribution in [0.4, 0.5) is 0 Å². The molecule has 5 rings (SSSR count). The molecule has 0 saturated carbocycles. The second-order valence-corrected chi connectivity index (χ2v) is 10.4. The van der Waals surface area contributed by atoms with Crippen LogP contribution in [0.2, 0.25) is 0 Å². The lowest BCUT2D eigenvalue weighted by molar-refractivity contribution is 0.967. The number of hydrogen-bond donors (Lipinski definition) is 2. The van der Waals surface area contributed by atoms with Gasteiger partial charge in [-0.3, -0.25) is 0 Å². The van der Waals surface area contributed by atoms with Gasteiger partial charge in [0.2, 0.25) is 0 Å². The highest BCUT2D eigenvalue weighted by atomic mass is 14.8. The minimum absolute atomic E-state index is 0.992. The summed E-state index contributed by atoms with van der Waals surface area (Å²) in [6.45, 7) is 21.4. The molecule has 0 amide bonds. The van der Waals surface area contributed by atoms with Gasteiger partial charge in [0.05, 0.1) is 22.8 Å². The number of H-pyrrole nitrogens is 2. The van der Waals surface area contributed by atoms with Crippen LogP contribution in [0.25, 0.3) is 56.5 Å². The summed E-state index contributed by atoms with van der Waals surface area (Å²) in [6, 6.07) is 8.76. The van der Waals surface area contributed by atoms with Gasteiger partial charge in [0.1, 0.15) is 0 Å². The van der Waals surface area contributed by atoms with Gasteiger partial charge >= 0.3 is 0 Å². The second-order valence-electron chi connectivity index (χ2n) is 10.4. The third-order valence-corrected chi connectivity index (χ3v) is 8.04. The molecule has 0 radical (unpaired) electrons. The van der Waals surface area contributed by atoms with E-state index in [1.807, 2.05) is 12.2 Å². The van der Waals surface area contributed by atoms with E-state index < -0.39 is 0 Å². The average molecular weight is 503 g/mol. The van der Waals surface area contributed by atoms with Crippen molar-refractivity contribution in [3.05, 3.63) is 82.5 Å². The Morgan fingerprint density at radius 3 is 1.47 bits per heavy atom. The largest absolute Gasteiger partial charge is 0.355 e. The minimum Gasteiger partial charge on any atom is -0.355 e. The maximum Gasteiger partial charge on any atom is 0.0694 e. The predicted octanol–water partition coefficient (Wildman–Crippen LogP) is 9.68. The molecule has 0 spiro atoms. The van der Waals surface area contributed by atoms with E-state index in [9.17, 15) is 0 Å². The van der Waals surface area contributed by atoms with Crippen LogP contribution in [0.1, 0.15) is 98.4 Å². The Hall–Kier alpha value is -3.92. The van der Waals surface area contributed by atoms with Crippen LogP contribution in [-0.2, 0) is 0 Å². The predicted molar refractivity (Wildman–Crippen MR) is 165 cm³/mol. The van der Waals surface area contributed by atoms with E-state index in [0.29, 0.717) is 0 Å². The molecule has 8 bridgehead atoms. The molecule has 2 aliphatic rings. The SMILES string of the molecule is C=Cc1c(C)c2cc3[nH]c(cc4nc(cc5nc(cc1[nH]2)C(C)=C5CCC)C(CCC)=C4C)c(C)c3C=C. The summed E-state index contributed by atoms with van der Waals surface area (Å²) in [6.07, 6.45) is 7.99. The Labute approximate surface area is 226 Å². The van der Waals surface area contributed by atoms with Crippen molar-refractivity contribution in [2.24, 2.45) is 0 Å². The van der Waals surface area contributed by atoms with E-state index in [-0.39, 0.29) is 0 Å². The number of fused-ring (bicyclic) bond motifs is 8. The summed E-state index contributed by atoms with van der Waals surface area (Å²) < 4.78 is 0. The van der Waals surface area contributed by atoms with Gasteiger partial charge in [0.25, 0.3) is 0 Å². The topological polar surface area (TPSA) is 57.4 Å². The third kappa shape index (κ3) is 4.18. The molecule has 5 heterocycles. The Morgan fingerprint density at radius 1 is 0.605 bits per heavy atom. The van der Waals surface area contributed by atoms with Gasteiger partial charge in [0.15, 0.2) is 0 Å². The summed E-state index contributed by atoms with van der Waals surface area (Å²) >= 11 is 0. The summed E-state index contributed by atoms with van der Waals surface area (Å²) in [5.41, 5.74) is 17.9. The van der Waals surface area contributed by atoms with Crippen molar-refractivity contribution in [1.82, 2.24) is 19.9 Å². The van der Waals surface area contributed by atoms with Gasteiger partial charge in [-0.15, -0.1) is 0 Å². The van der Waals surface area contributed by atoms with E-state index in [1.165, 1.54) is 27.9 Å². The number of hydrogen-bond acceptors (Lipinski definition) is 2. The first kappa shape index (κ1) is 25.7. The van der Waals surface area contributed by atoms with Crippen LogP contribution in [0.5, 0.6) is 0 Å². The molecule has 0 aliphatic carbocycles. The highest BCUT2D eigenvalue weighted by Gasteiger charge is 2.21. The molecule has 194 valence electrons. The van der Waals surface area contributed by atoms with Crippen LogP contribution in [0.15, 0.2) is 37.4 Å². The van der Waals surface area contributed by atoms with Gasteiger partial charge < -0.3 is 9.97 Å². The first-order valence-corrected chi connectivity index (χ1v) is 13.7. The first-order chi connectivity index (χ1) is 18.3. The van der Waals surface area contributed by atoms with Gasteiger partial charge in [-0.1, -0.05) is 52.0 Å². The van der Waals surface area contributed by atoms with Crippen molar-refractivity contribution >= 4 is 56.5 Å². The Kier molecular flexibility index (Phi) is 6.83. The summed E-state index contributed by atoms with van der Waals surface area (Å²) in [7, 11) is 0. The molecule has 0 aromatic carbocycles. The Bertz CT molecular complexity index is 1700. The first-order valence-electron chi connectivity index (χ1n) is 13.7. The highest BCUT2D eigenvalue weighted by Crippen LogP contribution is 2.38. The molecular weight excluding hydrogens is 464 g/mol. The van der Waals surface area contributed by atoms with Gasteiger partial charge in [-0.05, 0) is 98.2 Å². The lowest BCUT2D eigenvalue weighted by Gasteiger charge is -2.04. The van der Waals surface area contributed by atoms with E-state index in [1.54, 1.807) is 0 Å². The average Bonchev–Trinajstić information content (AvgIpc) is 3.55. The monoisotopic (exact) mass is 502 g/mol. The van der Waals surface area contributed by atoms with Gasteiger partial charge in [-0.2, -0.15) is 0 Å². The normalized spacial score (nSPS) is 13.4. The van der Waals surface area contributed by atoms with E-state index in [2.05, 4.69) is 88.9 Å². The molecule has 3 aromatic heterocycles. The smallest absolute Gasteiger partial charge is 0.0694 e. The molecule has 4 heteroatoms. The molecule has 2 N–H and O–H groups in total. The number of rotatable bonds is 6. The standard InChI is InChI=1S/C34H38N4/c1-9-13-25-21(7)28-15-27-19(5)23(11-3)31(35-27)16-29-20(6)24(12-4)32(36-29)17-30-22(8)26(14-10-2)34(38-30)18-33(25)37-28/h11-12,15-18,35-36H,3-4,9-10,13-14H2,1-2,5-8H3. The number of aromatic nitrogens is 4. The molecule has 0 unspecified atom stereocenters. The maximum atomic E-state index is 5.17. The Balaban J connectivity index is 1.99. The maximum absolute atomic E-state index is 5.17. The van der Waals surface area contributed by atoms with Crippen molar-refractivity contribution < 1.29 is 0 Å². The van der Waals surface area contributed by atoms with E-state index in [0.717, 1.165) is 87.2 Å². The molecule has 0 atom stereocenters. The van der Waals surface area contributed by atoms with E-state index >= 15 is 0 Å². The Morgan fingerprint density at radius 2 is 1.03 bits per heavy atom. The molecule has 2 aliphatic heterocycles. The molecule has 0 saturated heterocycles.